The molecule has 0 atom stereocenters. The van der Waals surface area contributed by atoms with Gasteiger partial charge in [0.1, 0.15) is 5.82 Å². The van der Waals surface area contributed by atoms with Gasteiger partial charge in [-0.1, -0.05) is 24.3 Å². The fourth-order valence-corrected chi connectivity index (χ4v) is 1.16. The van der Waals surface area contributed by atoms with E-state index < -0.39 is 11.8 Å². The maximum absolute atomic E-state index is 13.1. The summed E-state index contributed by atoms with van der Waals surface area (Å²) in [6, 6.07) is 5.66. The summed E-state index contributed by atoms with van der Waals surface area (Å²) in [5, 5.41) is 5.06. The standard InChI is InChI=1S/C12H15FN2O/c1-2-3-6-9-14-12(16)15-11-8-5-4-7-10(11)13/h2-5,7-8H,6,9H2,1H3,(H2,14,15,16)/b3-2+. The van der Waals surface area contributed by atoms with Gasteiger partial charge in [-0.3, -0.25) is 0 Å². The molecule has 16 heavy (non-hydrogen) atoms. The molecule has 0 aliphatic rings. The van der Waals surface area contributed by atoms with Crippen LogP contribution in [0, 0.1) is 5.82 Å². The molecule has 2 N–H and O–H groups in total. The van der Waals surface area contributed by atoms with Gasteiger partial charge in [0.15, 0.2) is 0 Å². The van der Waals surface area contributed by atoms with Crippen molar-refractivity contribution in [1.29, 1.82) is 0 Å². The second-order valence-corrected chi connectivity index (χ2v) is 3.22. The van der Waals surface area contributed by atoms with Crippen molar-refractivity contribution < 1.29 is 9.18 Å². The van der Waals surface area contributed by atoms with Gasteiger partial charge >= 0.3 is 6.03 Å². The van der Waals surface area contributed by atoms with E-state index in [1.807, 2.05) is 19.1 Å². The minimum absolute atomic E-state index is 0.186. The normalized spacial score (nSPS) is 10.4. The lowest BCUT2D eigenvalue weighted by Crippen LogP contribution is -2.29. The second-order valence-electron chi connectivity index (χ2n) is 3.22. The van der Waals surface area contributed by atoms with E-state index in [2.05, 4.69) is 10.6 Å². The molecule has 1 rings (SSSR count). The van der Waals surface area contributed by atoms with Crippen molar-refractivity contribution in [3.8, 4) is 0 Å². The first-order valence-corrected chi connectivity index (χ1v) is 5.14. The molecule has 2 amide bonds. The SMILES string of the molecule is C/C=C/CCNC(=O)Nc1ccccc1F. The van der Waals surface area contributed by atoms with Crippen molar-refractivity contribution >= 4 is 11.7 Å². The maximum Gasteiger partial charge on any atom is 0.319 e. The van der Waals surface area contributed by atoms with Crippen LogP contribution in [0.3, 0.4) is 0 Å². The largest absolute Gasteiger partial charge is 0.338 e. The van der Waals surface area contributed by atoms with Crippen LogP contribution in [0.4, 0.5) is 14.9 Å². The number of hydrogen-bond acceptors (Lipinski definition) is 1. The number of halogens is 1. The van der Waals surface area contributed by atoms with Crippen molar-refractivity contribution in [3.63, 3.8) is 0 Å². The molecular weight excluding hydrogens is 207 g/mol. The molecule has 0 aliphatic carbocycles. The summed E-state index contributed by atoms with van der Waals surface area (Å²) in [4.78, 5) is 11.3. The van der Waals surface area contributed by atoms with Gasteiger partial charge in [-0.25, -0.2) is 9.18 Å². The van der Waals surface area contributed by atoms with Gasteiger partial charge < -0.3 is 10.6 Å². The van der Waals surface area contributed by atoms with Gasteiger partial charge in [-0.05, 0) is 25.5 Å². The third kappa shape index (κ3) is 4.13. The van der Waals surface area contributed by atoms with Crippen LogP contribution < -0.4 is 10.6 Å². The zero-order valence-corrected chi connectivity index (χ0v) is 9.16. The number of urea groups is 1. The average molecular weight is 222 g/mol. The Hall–Kier alpha value is -1.84. The number of carbonyl (C=O) groups excluding carboxylic acids is 1. The molecule has 0 fully saturated rings. The molecule has 0 spiro atoms. The third-order valence-electron chi connectivity index (χ3n) is 1.95. The Morgan fingerprint density at radius 2 is 2.19 bits per heavy atom. The molecule has 86 valence electrons. The van der Waals surface area contributed by atoms with Gasteiger partial charge in [0.05, 0.1) is 5.69 Å². The first kappa shape index (κ1) is 12.2. The quantitative estimate of drug-likeness (QED) is 0.597. The Morgan fingerprint density at radius 1 is 1.44 bits per heavy atom. The molecule has 1 aromatic carbocycles. The fourth-order valence-electron chi connectivity index (χ4n) is 1.16. The highest BCUT2D eigenvalue weighted by atomic mass is 19.1. The lowest BCUT2D eigenvalue weighted by atomic mass is 10.3. The molecule has 1 aromatic rings. The summed E-state index contributed by atoms with van der Waals surface area (Å²) in [6.45, 7) is 2.45. The summed E-state index contributed by atoms with van der Waals surface area (Å²) in [5.74, 6) is -0.439. The number of anilines is 1. The lowest BCUT2D eigenvalue weighted by molar-refractivity contribution is 0.252. The minimum Gasteiger partial charge on any atom is -0.338 e. The Kier molecular flexibility index (Phi) is 5.05. The number of amides is 2. The Morgan fingerprint density at radius 3 is 2.88 bits per heavy atom. The Labute approximate surface area is 94.4 Å². The van der Waals surface area contributed by atoms with E-state index >= 15 is 0 Å². The highest BCUT2D eigenvalue weighted by Crippen LogP contribution is 2.11. The minimum atomic E-state index is -0.439. The molecule has 0 heterocycles. The van der Waals surface area contributed by atoms with Gasteiger partial charge in [0, 0.05) is 6.54 Å². The van der Waals surface area contributed by atoms with Crippen molar-refractivity contribution in [3.05, 3.63) is 42.2 Å². The summed E-state index contributed by atoms with van der Waals surface area (Å²) in [7, 11) is 0. The zero-order valence-electron chi connectivity index (χ0n) is 9.16. The summed E-state index contributed by atoms with van der Waals surface area (Å²) in [6.07, 6.45) is 4.63. The molecule has 0 unspecified atom stereocenters. The highest BCUT2D eigenvalue weighted by molar-refractivity contribution is 5.89. The molecule has 4 heteroatoms. The third-order valence-corrected chi connectivity index (χ3v) is 1.95. The zero-order chi connectivity index (χ0) is 11.8. The maximum atomic E-state index is 13.1. The van der Waals surface area contributed by atoms with Crippen LogP contribution in [-0.2, 0) is 0 Å². The number of nitrogens with one attached hydrogen (secondary N) is 2. The van der Waals surface area contributed by atoms with Gasteiger partial charge in [0.2, 0.25) is 0 Å². The molecule has 3 nitrogen and oxygen atoms in total. The number of rotatable bonds is 4. The first-order valence-electron chi connectivity index (χ1n) is 5.14. The predicted octanol–water partition coefficient (Wildman–Crippen LogP) is 2.91. The molecule has 0 bridgehead atoms. The fraction of sp³-hybridized carbons (Fsp3) is 0.250. The molecule has 0 aromatic heterocycles. The Bertz CT molecular complexity index is 377. The van der Waals surface area contributed by atoms with Crippen LogP contribution in [0.25, 0.3) is 0 Å². The van der Waals surface area contributed by atoms with E-state index in [0.717, 1.165) is 6.42 Å². The van der Waals surface area contributed by atoms with E-state index in [4.69, 9.17) is 0 Å². The van der Waals surface area contributed by atoms with Crippen molar-refractivity contribution in [2.75, 3.05) is 11.9 Å². The molecule has 0 aliphatic heterocycles. The first-order chi connectivity index (χ1) is 7.74. The Balaban J connectivity index is 2.37. The van der Waals surface area contributed by atoms with E-state index in [1.165, 1.54) is 12.1 Å². The van der Waals surface area contributed by atoms with Crippen LogP contribution in [0.2, 0.25) is 0 Å². The van der Waals surface area contributed by atoms with Crippen molar-refractivity contribution in [2.45, 2.75) is 13.3 Å². The van der Waals surface area contributed by atoms with Crippen LogP contribution in [-0.4, -0.2) is 12.6 Å². The summed E-state index contributed by atoms with van der Waals surface area (Å²) in [5.41, 5.74) is 0.186. The number of allylic oxidation sites excluding steroid dienone is 1. The van der Waals surface area contributed by atoms with Crippen molar-refractivity contribution in [1.82, 2.24) is 5.32 Å². The monoisotopic (exact) mass is 222 g/mol. The van der Waals surface area contributed by atoms with E-state index in [1.54, 1.807) is 12.1 Å². The average Bonchev–Trinajstić information content (AvgIpc) is 2.28. The molecular formula is C12H15FN2O. The number of para-hydroxylation sites is 1. The highest BCUT2D eigenvalue weighted by Gasteiger charge is 2.04. The van der Waals surface area contributed by atoms with Gasteiger partial charge in [-0.15, -0.1) is 0 Å². The van der Waals surface area contributed by atoms with Gasteiger partial charge in [-0.2, -0.15) is 0 Å². The van der Waals surface area contributed by atoms with Crippen LogP contribution >= 0.6 is 0 Å². The molecule has 0 radical (unpaired) electrons. The van der Waals surface area contributed by atoms with Crippen LogP contribution in [0.1, 0.15) is 13.3 Å². The molecule has 0 saturated carbocycles. The van der Waals surface area contributed by atoms with E-state index in [9.17, 15) is 9.18 Å². The van der Waals surface area contributed by atoms with Gasteiger partial charge in [0.25, 0.3) is 0 Å². The number of hydrogen-bond donors (Lipinski definition) is 2. The number of carbonyl (C=O) groups is 1. The van der Waals surface area contributed by atoms with Crippen LogP contribution in [0.5, 0.6) is 0 Å². The predicted molar refractivity (Wildman–Crippen MR) is 62.9 cm³/mol. The van der Waals surface area contributed by atoms with Crippen LogP contribution in [0.15, 0.2) is 36.4 Å². The number of benzene rings is 1. The smallest absolute Gasteiger partial charge is 0.319 e. The van der Waals surface area contributed by atoms with Crippen molar-refractivity contribution in [2.24, 2.45) is 0 Å². The summed E-state index contributed by atoms with van der Waals surface area (Å²) < 4.78 is 13.1. The van der Waals surface area contributed by atoms with E-state index in [0.29, 0.717) is 6.54 Å². The molecule has 0 saturated heterocycles. The second kappa shape index (κ2) is 6.61. The lowest BCUT2D eigenvalue weighted by Gasteiger charge is -2.06. The summed E-state index contributed by atoms with van der Waals surface area (Å²) >= 11 is 0. The topological polar surface area (TPSA) is 41.1 Å². The van der Waals surface area contributed by atoms with E-state index in [-0.39, 0.29) is 5.69 Å².